The Bertz CT molecular complexity index is 326. The number of piperazine rings is 1. The molecule has 0 spiro atoms. The molecule has 4 heteroatoms. The summed E-state index contributed by atoms with van der Waals surface area (Å²) >= 11 is 0. The molecule has 0 bridgehead atoms. The Morgan fingerprint density at radius 3 is 2.16 bits per heavy atom. The summed E-state index contributed by atoms with van der Waals surface area (Å²) in [4.78, 5) is 26.5. The van der Waals surface area contributed by atoms with Crippen LogP contribution >= 0.6 is 0 Å². The fourth-order valence-corrected chi connectivity index (χ4v) is 2.64. The Morgan fingerprint density at radius 1 is 1.11 bits per heavy atom. The van der Waals surface area contributed by atoms with E-state index in [4.69, 9.17) is 0 Å². The molecule has 1 fully saturated rings. The highest BCUT2D eigenvalue weighted by atomic mass is 16.2. The number of rotatable bonds is 6. The summed E-state index contributed by atoms with van der Waals surface area (Å²) in [6.45, 7) is 11.0. The van der Waals surface area contributed by atoms with Crippen molar-refractivity contribution in [3.63, 3.8) is 0 Å². The van der Waals surface area contributed by atoms with E-state index < -0.39 is 0 Å². The highest BCUT2D eigenvalue weighted by Crippen LogP contribution is 2.20. The van der Waals surface area contributed by atoms with Gasteiger partial charge < -0.3 is 10.2 Å². The van der Waals surface area contributed by atoms with Crippen LogP contribution in [0.1, 0.15) is 53.9 Å². The first-order valence-corrected chi connectivity index (χ1v) is 7.47. The van der Waals surface area contributed by atoms with Gasteiger partial charge in [-0.15, -0.1) is 0 Å². The van der Waals surface area contributed by atoms with Crippen LogP contribution in [-0.2, 0) is 9.59 Å². The number of hydrogen-bond donors (Lipinski definition) is 1. The maximum absolute atomic E-state index is 12.5. The van der Waals surface area contributed by atoms with Crippen LogP contribution in [0.4, 0.5) is 0 Å². The van der Waals surface area contributed by atoms with Crippen LogP contribution in [0.25, 0.3) is 0 Å². The third kappa shape index (κ3) is 4.22. The molecule has 0 aliphatic carbocycles. The van der Waals surface area contributed by atoms with Crippen molar-refractivity contribution in [3.8, 4) is 0 Å². The van der Waals surface area contributed by atoms with Crippen molar-refractivity contribution in [2.45, 2.75) is 66.0 Å². The number of hydrogen-bond acceptors (Lipinski definition) is 2. The summed E-state index contributed by atoms with van der Waals surface area (Å²) < 4.78 is 0. The Hall–Kier alpha value is -1.06. The van der Waals surface area contributed by atoms with E-state index in [1.165, 1.54) is 0 Å². The fraction of sp³-hybridized carbons (Fsp3) is 0.867. The monoisotopic (exact) mass is 268 g/mol. The van der Waals surface area contributed by atoms with E-state index in [0.717, 1.165) is 19.3 Å². The highest BCUT2D eigenvalue weighted by Gasteiger charge is 2.40. The molecule has 1 heterocycles. The van der Waals surface area contributed by atoms with Gasteiger partial charge in [-0.05, 0) is 31.1 Å². The molecule has 0 aromatic rings. The lowest BCUT2D eigenvalue weighted by atomic mass is 9.94. The SMILES string of the molecule is CCCN1C(=O)C(CC(C)C)NC(=O)C1CC(C)C. The topological polar surface area (TPSA) is 49.4 Å². The van der Waals surface area contributed by atoms with E-state index in [0.29, 0.717) is 18.4 Å². The highest BCUT2D eigenvalue weighted by molar-refractivity contribution is 5.96. The normalized spacial score (nSPS) is 24.3. The first-order chi connectivity index (χ1) is 8.86. The maximum atomic E-state index is 12.5. The minimum absolute atomic E-state index is 0.0207. The van der Waals surface area contributed by atoms with Crippen molar-refractivity contribution >= 4 is 11.8 Å². The van der Waals surface area contributed by atoms with Crippen LogP contribution in [-0.4, -0.2) is 35.3 Å². The number of amides is 2. The van der Waals surface area contributed by atoms with Crippen molar-refractivity contribution in [2.24, 2.45) is 11.8 Å². The maximum Gasteiger partial charge on any atom is 0.245 e. The van der Waals surface area contributed by atoms with E-state index in [9.17, 15) is 9.59 Å². The standard InChI is InChI=1S/C15H28N2O2/c1-6-7-17-13(9-11(4)5)14(18)16-12(15(17)19)8-10(2)3/h10-13H,6-9H2,1-5H3,(H,16,18). The number of nitrogens with one attached hydrogen (secondary N) is 1. The number of carbonyl (C=O) groups excluding carboxylic acids is 2. The first kappa shape index (κ1) is 16.0. The minimum Gasteiger partial charge on any atom is -0.342 e. The molecule has 1 rings (SSSR count). The lowest BCUT2D eigenvalue weighted by Crippen LogP contribution is -2.63. The van der Waals surface area contributed by atoms with Crippen LogP contribution in [0.15, 0.2) is 0 Å². The van der Waals surface area contributed by atoms with Gasteiger partial charge in [0.05, 0.1) is 0 Å². The predicted octanol–water partition coefficient (Wildman–Crippen LogP) is 2.18. The van der Waals surface area contributed by atoms with Crippen LogP contribution < -0.4 is 5.32 Å². The average molecular weight is 268 g/mol. The molecule has 2 unspecified atom stereocenters. The Kier molecular flexibility index (Phi) is 5.83. The molecular weight excluding hydrogens is 240 g/mol. The lowest BCUT2D eigenvalue weighted by Gasteiger charge is -2.40. The summed E-state index contributed by atoms with van der Waals surface area (Å²) in [7, 11) is 0. The van der Waals surface area contributed by atoms with Gasteiger partial charge in [0.15, 0.2) is 0 Å². The van der Waals surface area contributed by atoms with E-state index in [1.807, 2.05) is 6.92 Å². The summed E-state index contributed by atoms with van der Waals surface area (Å²) in [5.74, 6) is 0.928. The molecule has 4 nitrogen and oxygen atoms in total. The molecule has 0 saturated carbocycles. The van der Waals surface area contributed by atoms with Crippen molar-refractivity contribution in [1.29, 1.82) is 0 Å². The van der Waals surface area contributed by atoms with Gasteiger partial charge in [-0.25, -0.2) is 0 Å². The lowest BCUT2D eigenvalue weighted by molar-refractivity contribution is -0.150. The van der Waals surface area contributed by atoms with Crippen LogP contribution in [0, 0.1) is 11.8 Å². The molecule has 0 aromatic carbocycles. The molecular formula is C15H28N2O2. The van der Waals surface area contributed by atoms with Gasteiger partial charge in [-0.1, -0.05) is 34.6 Å². The molecule has 1 aliphatic rings. The van der Waals surface area contributed by atoms with Crippen molar-refractivity contribution < 1.29 is 9.59 Å². The Labute approximate surface area is 116 Å². The van der Waals surface area contributed by atoms with Gasteiger partial charge in [0.25, 0.3) is 0 Å². The second kappa shape index (κ2) is 6.92. The third-order valence-corrected chi connectivity index (χ3v) is 3.44. The van der Waals surface area contributed by atoms with E-state index in [2.05, 4.69) is 33.0 Å². The zero-order valence-corrected chi connectivity index (χ0v) is 12.9. The van der Waals surface area contributed by atoms with Crippen molar-refractivity contribution in [1.82, 2.24) is 10.2 Å². The van der Waals surface area contributed by atoms with Gasteiger partial charge in [0.1, 0.15) is 12.1 Å². The smallest absolute Gasteiger partial charge is 0.245 e. The van der Waals surface area contributed by atoms with E-state index >= 15 is 0 Å². The van der Waals surface area contributed by atoms with Gasteiger partial charge in [0.2, 0.25) is 11.8 Å². The van der Waals surface area contributed by atoms with Gasteiger partial charge in [-0.2, -0.15) is 0 Å². The molecule has 1 saturated heterocycles. The number of carbonyl (C=O) groups is 2. The zero-order valence-electron chi connectivity index (χ0n) is 12.9. The molecule has 110 valence electrons. The minimum atomic E-state index is -0.331. The molecule has 0 aromatic heterocycles. The largest absolute Gasteiger partial charge is 0.342 e. The van der Waals surface area contributed by atoms with Gasteiger partial charge >= 0.3 is 0 Å². The average Bonchev–Trinajstić information content (AvgIpc) is 2.29. The van der Waals surface area contributed by atoms with Gasteiger partial charge in [0, 0.05) is 6.54 Å². The summed E-state index contributed by atoms with van der Waals surface area (Å²) in [6, 6.07) is -0.613. The van der Waals surface area contributed by atoms with Crippen LogP contribution in [0.3, 0.4) is 0 Å². The van der Waals surface area contributed by atoms with E-state index in [-0.39, 0.29) is 23.9 Å². The molecule has 1 aliphatic heterocycles. The third-order valence-electron chi connectivity index (χ3n) is 3.44. The van der Waals surface area contributed by atoms with E-state index in [1.54, 1.807) is 4.90 Å². The molecule has 19 heavy (non-hydrogen) atoms. The van der Waals surface area contributed by atoms with Crippen LogP contribution in [0.2, 0.25) is 0 Å². The van der Waals surface area contributed by atoms with Crippen molar-refractivity contribution in [3.05, 3.63) is 0 Å². The molecule has 0 radical (unpaired) electrons. The van der Waals surface area contributed by atoms with Gasteiger partial charge in [-0.3, -0.25) is 9.59 Å². The van der Waals surface area contributed by atoms with Crippen molar-refractivity contribution in [2.75, 3.05) is 6.54 Å². The quantitative estimate of drug-likeness (QED) is 0.802. The zero-order chi connectivity index (χ0) is 14.6. The fourth-order valence-electron chi connectivity index (χ4n) is 2.64. The molecule has 2 atom stereocenters. The van der Waals surface area contributed by atoms with Crippen LogP contribution in [0.5, 0.6) is 0 Å². The summed E-state index contributed by atoms with van der Waals surface area (Å²) in [5, 5.41) is 2.91. The summed E-state index contributed by atoms with van der Waals surface area (Å²) in [6.07, 6.45) is 2.35. The Balaban J connectivity index is 2.86. The summed E-state index contributed by atoms with van der Waals surface area (Å²) in [5.41, 5.74) is 0. The Morgan fingerprint density at radius 2 is 1.68 bits per heavy atom. The predicted molar refractivity (Wildman–Crippen MR) is 76.6 cm³/mol. The second-order valence-electron chi connectivity index (χ2n) is 6.37. The molecule has 1 N–H and O–H groups in total. The second-order valence-corrected chi connectivity index (χ2v) is 6.37. The molecule has 2 amide bonds. The number of nitrogens with zero attached hydrogens (tertiary/aromatic N) is 1. The first-order valence-electron chi connectivity index (χ1n) is 7.47.